The molecule has 3 rings (SSSR count). The van der Waals surface area contributed by atoms with Gasteiger partial charge < -0.3 is 9.88 Å². The first-order chi connectivity index (χ1) is 9.29. The third kappa shape index (κ3) is 2.40. The summed E-state index contributed by atoms with van der Waals surface area (Å²) >= 11 is 0. The maximum atomic E-state index is 3.25. The van der Waals surface area contributed by atoms with E-state index >= 15 is 0 Å². The van der Waals surface area contributed by atoms with Crippen LogP contribution in [0.3, 0.4) is 0 Å². The second-order valence-electron chi connectivity index (χ2n) is 5.62. The number of hydrogen-bond acceptors (Lipinski definition) is 2. The molecule has 1 aromatic carbocycles. The van der Waals surface area contributed by atoms with Crippen LogP contribution < -0.4 is 5.32 Å². The van der Waals surface area contributed by atoms with Crippen LogP contribution in [0.1, 0.15) is 24.3 Å². The highest BCUT2D eigenvalue weighted by molar-refractivity contribution is 5.84. The van der Waals surface area contributed by atoms with Gasteiger partial charge in [-0.15, -0.1) is 0 Å². The molecule has 0 amide bonds. The van der Waals surface area contributed by atoms with Crippen LogP contribution in [0, 0.1) is 0 Å². The van der Waals surface area contributed by atoms with E-state index in [1.54, 1.807) is 5.56 Å². The summed E-state index contributed by atoms with van der Waals surface area (Å²) < 4.78 is 2.27. The van der Waals surface area contributed by atoms with Gasteiger partial charge in [-0.2, -0.15) is 0 Å². The summed E-state index contributed by atoms with van der Waals surface area (Å²) in [6.45, 7) is 3.42. The molecule has 0 bridgehead atoms. The molecule has 0 unspecified atom stereocenters. The van der Waals surface area contributed by atoms with E-state index in [0.29, 0.717) is 0 Å². The Bertz CT molecular complexity index is 550. The zero-order valence-corrected chi connectivity index (χ0v) is 11.9. The number of benzene rings is 1. The normalized spacial score (nSPS) is 18.2. The van der Waals surface area contributed by atoms with Crippen molar-refractivity contribution in [1.29, 1.82) is 0 Å². The highest BCUT2D eigenvalue weighted by Crippen LogP contribution is 2.33. The molecule has 19 heavy (non-hydrogen) atoms. The summed E-state index contributed by atoms with van der Waals surface area (Å²) in [6, 6.07) is 8.77. The highest BCUT2D eigenvalue weighted by atomic mass is 15.2. The monoisotopic (exact) mass is 257 g/mol. The number of para-hydroxylation sites is 1. The van der Waals surface area contributed by atoms with Gasteiger partial charge in [-0.25, -0.2) is 0 Å². The molecule has 0 saturated carbocycles. The van der Waals surface area contributed by atoms with Crippen molar-refractivity contribution in [3.8, 4) is 0 Å². The minimum Gasteiger partial charge on any atom is -0.350 e. The minimum absolute atomic E-state index is 0.721. The number of rotatable bonds is 3. The summed E-state index contributed by atoms with van der Waals surface area (Å²) in [4.78, 5) is 2.50. The fraction of sp³-hybridized carbons (Fsp3) is 0.500. The molecule has 2 aromatic rings. The average Bonchev–Trinajstić information content (AvgIpc) is 2.78. The number of fused-ring (bicyclic) bond motifs is 1. The van der Waals surface area contributed by atoms with Crippen LogP contribution in [0.4, 0.5) is 0 Å². The van der Waals surface area contributed by atoms with E-state index in [1.807, 2.05) is 7.05 Å². The van der Waals surface area contributed by atoms with E-state index in [9.17, 15) is 0 Å². The Balaban J connectivity index is 1.82. The molecule has 2 heterocycles. The predicted molar refractivity (Wildman–Crippen MR) is 80.4 cm³/mol. The second-order valence-corrected chi connectivity index (χ2v) is 5.62. The first kappa shape index (κ1) is 12.7. The van der Waals surface area contributed by atoms with E-state index in [4.69, 9.17) is 0 Å². The zero-order valence-electron chi connectivity index (χ0n) is 11.9. The third-order valence-electron chi connectivity index (χ3n) is 4.34. The van der Waals surface area contributed by atoms with Crippen molar-refractivity contribution in [2.24, 2.45) is 7.05 Å². The van der Waals surface area contributed by atoms with Crippen molar-refractivity contribution < 1.29 is 0 Å². The van der Waals surface area contributed by atoms with Crippen LogP contribution in [0.5, 0.6) is 0 Å². The molecule has 0 atom stereocenters. The first-order valence-corrected chi connectivity index (χ1v) is 7.20. The number of likely N-dealkylation sites (tertiary alicyclic amines) is 1. The topological polar surface area (TPSA) is 20.2 Å². The third-order valence-corrected chi connectivity index (χ3v) is 4.34. The van der Waals surface area contributed by atoms with Crippen molar-refractivity contribution in [1.82, 2.24) is 14.8 Å². The van der Waals surface area contributed by atoms with Crippen LogP contribution in [0.25, 0.3) is 10.9 Å². The Morgan fingerprint density at radius 2 is 1.95 bits per heavy atom. The molecule has 0 spiro atoms. The predicted octanol–water partition coefficient (Wildman–Crippen LogP) is 2.53. The second kappa shape index (κ2) is 5.35. The van der Waals surface area contributed by atoms with E-state index in [-0.39, 0.29) is 0 Å². The quantitative estimate of drug-likeness (QED) is 0.912. The van der Waals surface area contributed by atoms with Crippen LogP contribution in [-0.2, 0) is 7.05 Å². The lowest BCUT2D eigenvalue weighted by atomic mass is 9.89. The molecule has 0 aliphatic carbocycles. The molecule has 3 heteroatoms. The fourth-order valence-corrected chi connectivity index (χ4v) is 3.32. The molecule has 3 nitrogen and oxygen atoms in total. The van der Waals surface area contributed by atoms with Gasteiger partial charge in [-0.3, -0.25) is 4.90 Å². The van der Waals surface area contributed by atoms with Crippen molar-refractivity contribution in [3.05, 3.63) is 36.0 Å². The van der Waals surface area contributed by atoms with Gasteiger partial charge in [-0.05, 0) is 50.5 Å². The van der Waals surface area contributed by atoms with Gasteiger partial charge in [0.05, 0.1) is 0 Å². The molecule has 1 N–H and O–H groups in total. The molecule has 1 aromatic heterocycles. The molecule has 0 radical (unpaired) electrons. The van der Waals surface area contributed by atoms with Gasteiger partial charge in [0, 0.05) is 30.8 Å². The largest absolute Gasteiger partial charge is 0.350 e. The summed E-state index contributed by atoms with van der Waals surface area (Å²) in [6.07, 6.45) is 4.88. The lowest BCUT2D eigenvalue weighted by Gasteiger charge is -2.31. The molecule has 1 fully saturated rings. The van der Waals surface area contributed by atoms with Crippen LogP contribution >= 0.6 is 0 Å². The molecule has 102 valence electrons. The Morgan fingerprint density at radius 1 is 1.21 bits per heavy atom. The average molecular weight is 257 g/mol. The lowest BCUT2D eigenvalue weighted by molar-refractivity contribution is 0.203. The number of nitrogens with one attached hydrogen (secondary N) is 1. The van der Waals surface area contributed by atoms with Crippen LogP contribution in [-0.4, -0.2) is 36.3 Å². The highest BCUT2D eigenvalue weighted by Gasteiger charge is 2.22. The Morgan fingerprint density at radius 3 is 2.68 bits per heavy atom. The van der Waals surface area contributed by atoms with Gasteiger partial charge in [0.15, 0.2) is 0 Å². The molecular weight excluding hydrogens is 234 g/mol. The van der Waals surface area contributed by atoms with Crippen molar-refractivity contribution in [3.63, 3.8) is 0 Å². The molecule has 1 aliphatic heterocycles. The van der Waals surface area contributed by atoms with Crippen LogP contribution in [0.2, 0.25) is 0 Å². The smallest absolute Gasteiger partial charge is 0.0480 e. The van der Waals surface area contributed by atoms with E-state index in [0.717, 1.165) is 12.6 Å². The number of piperidine rings is 1. The van der Waals surface area contributed by atoms with Gasteiger partial charge >= 0.3 is 0 Å². The van der Waals surface area contributed by atoms with Gasteiger partial charge in [-0.1, -0.05) is 18.2 Å². The summed E-state index contributed by atoms with van der Waals surface area (Å²) in [5.74, 6) is 0.721. The minimum atomic E-state index is 0.721. The molecule has 1 aliphatic rings. The van der Waals surface area contributed by atoms with E-state index in [2.05, 4.69) is 52.3 Å². The first-order valence-electron chi connectivity index (χ1n) is 7.20. The molecule has 1 saturated heterocycles. The van der Waals surface area contributed by atoms with E-state index in [1.165, 1.54) is 36.8 Å². The Hall–Kier alpha value is -1.32. The van der Waals surface area contributed by atoms with Gasteiger partial charge in [0.25, 0.3) is 0 Å². The maximum Gasteiger partial charge on any atom is 0.0480 e. The zero-order chi connectivity index (χ0) is 13.2. The van der Waals surface area contributed by atoms with Crippen molar-refractivity contribution >= 4 is 10.9 Å². The number of nitrogens with zero attached hydrogens (tertiary/aromatic N) is 2. The number of aryl methyl sites for hydroxylation is 1. The fourth-order valence-electron chi connectivity index (χ4n) is 3.32. The summed E-state index contributed by atoms with van der Waals surface area (Å²) in [7, 11) is 4.18. The Labute approximate surface area is 115 Å². The number of hydrogen-bond donors (Lipinski definition) is 1. The van der Waals surface area contributed by atoms with Crippen molar-refractivity contribution in [2.45, 2.75) is 18.8 Å². The van der Waals surface area contributed by atoms with Gasteiger partial charge in [0.2, 0.25) is 0 Å². The van der Waals surface area contributed by atoms with E-state index < -0.39 is 0 Å². The Kier molecular flexibility index (Phi) is 3.58. The molecular formula is C16H23N3. The summed E-state index contributed by atoms with van der Waals surface area (Å²) in [5, 5.41) is 4.69. The number of aromatic nitrogens is 1. The van der Waals surface area contributed by atoms with Crippen molar-refractivity contribution in [2.75, 3.05) is 26.8 Å². The maximum absolute atomic E-state index is 3.25. The van der Waals surface area contributed by atoms with Crippen LogP contribution in [0.15, 0.2) is 30.5 Å². The summed E-state index contributed by atoms with van der Waals surface area (Å²) in [5.41, 5.74) is 2.90. The SMILES string of the molecule is CNCN1CCC(c2cn(C)c3ccccc23)CC1. The standard InChI is InChI=1S/C16H23N3/c1-17-12-19-9-7-13(8-10-19)15-11-18(2)16-6-4-3-5-14(15)16/h3-6,11,13,17H,7-10,12H2,1-2H3. The lowest BCUT2D eigenvalue weighted by Crippen LogP contribution is -2.38. The van der Waals surface area contributed by atoms with Gasteiger partial charge in [0.1, 0.15) is 0 Å².